The van der Waals surface area contributed by atoms with Crippen LogP contribution in [0.15, 0.2) is 40.5 Å². The Balaban J connectivity index is 0.00000320. The average molecular weight is 548 g/mol. The van der Waals surface area contributed by atoms with Gasteiger partial charge in [-0.3, -0.25) is 9.67 Å². The summed E-state index contributed by atoms with van der Waals surface area (Å²) >= 11 is 0. The van der Waals surface area contributed by atoms with E-state index in [4.69, 9.17) is 0 Å². The van der Waals surface area contributed by atoms with Crippen molar-refractivity contribution in [1.29, 1.82) is 0 Å². The molecule has 1 aromatic carbocycles. The lowest BCUT2D eigenvalue weighted by molar-refractivity contribution is 0.222. The van der Waals surface area contributed by atoms with E-state index in [1.807, 2.05) is 26.2 Å². The summed E-state index contributed by atoms with van der Waals surface area (Å²) in [6.45, 7) is 3.26. The molecule has 30 heavy (non-hydrogen) atoms. The summed E-state index contributed by atoms with van der Waals surface area (Å²) in [5.41, 5.74) is 0.702. The highest BCUT2D eigenvalue weighted by Crippen LogP contribution is 2.21. The molecule has 0 radical (unpaired) electrons. The van der Waals surface area contributed by atoms with Crippen molar-refractivity contribution in [2.24, 2.45) is 12.0 Å². The molecule has 3 rings (SSSR count). The van der Waals surface area contributed by atoms with Gasteiger partial charge in [-0.2, -0.15) is 9.40 Å². The van der Waals surface area contributed by atoms with Crippen LogP contribution in [-0.2, 0) is 30.2 Å². The first kappa shape index (κ1) is 24.5. The van der Waals surface area contributed by atoms with E-state index in [1.54, 1.807) is 28.2 Å². The number of nitrogens with one attached hydrogen (secondary N) is 2. The first-order valence-electron chi connectivity index (χ1n) is 9.46. The van der Waals surface area contributed by atoms with Crippen LogP contribution in [0.25, 0.3) is 0 Å². The highest BCUT2D eigenvalue weighted by molar-refractivity contribution is 14.0. The molecule has 0 spiro atoms. The molecule has 0 amide bonds. The lowest BCUT2D eigenvalue weighted by Crippen LogP contribution is -2.47. The summed E-state index contributed by atoms with van der Waals surface area (Å²) in [6, 6.07) is 7.09. The number of piperazine rings is 1. The van der Waals surface area contributed by atoms with E-state index in [-0.39, 0.29) is 24.0 Å². The van der Waals surface area contributed by atoms with Crippen molar-refractivity contribution in [3.05, 3.63) is 42.0 Å². The number of hydrogen-bond donors (Lipinski definition) is 2. The first-order valence-corrected chi connectivity index (χ1v) is 10.9. The smallest absolute Gasteiger partial charge is 0.243 e. The zero-order valence-corrected chi connectivity index (χ0v) is 20.6. The Morgan fingerprint density at radius 2 is 1.77 bits per heavy atom. The molecule has 2 N–H and O–H groups in total. The summed E-state index contributed by atoms with van der Waals surface area (Å²) in [4.78, 5) is 10.8. The second kappa shape index (κ2) is 11.0. The molecule has 0 bridgehead atoms. The number of nitrogens with zero attached hydrogens (tertiary/aromatic N) is 6. The maximum atomic E-state index is 13.2. The number of aryl methyl sites for hydroxylation is 1. The lowest BCUT2D eigenvalue weighted by Gasteiger charge is -2.32. The van der Waals surface area contributed by atoms with E-state index in [9.17, 15) is 8.42 Å². The molecule has 1 aliphatic heterocycles. The highest BCUT2D eigenvalue weighted by atomic mass is 127. The molecular weight excluding hydrogens is 519 g/mol. The Kier molecular flexibility index (Phi) is 9.00. The first-order chi connectivity index (χ1) is 13.9. The Hall–Kier alpha value is -1.77. The van der Waals surface area contributed by atoms with E-state index in [0.29, 0.717) is 42.6 Å². The van der Waals surface area contributed by atoms with E-state index >= 15 is 0 Å². The molecule has 1 aliphatic rings. The van der Waals surface area contributed by atoms with Crippen LogP contribution in [0.2, 0.25) is 0 Å². The zero-order valence-electron chi connectivity index (χ0n) is 17.4. The van der Waals surface area contributed by atoms with Gasteiger partial charge in [-0.25, -0.2) is 13.4 Å². The van der Waals surface area contributed by atoms with Crippen LogP contribution >= 0.6 is 24.0 Å². The quantitative estimate of drug-likeness (QED) is 0.303. The number of aliphatic imine (C=N–C) groups is 1. The van der Waals surface area contributed by atoms with Crippen molar-refractivity contribution in [1.82, 2.24) is 34.6 Å². The minimum absolute atomic E-state index is 0. The van der Waals surface area contributed by atoms with Crippen LogP contribution in [0.4, 0.5) is 0 Å². The monoisotopic (exact) mass is 548 g/mol. The number of guanidine groups is 1. The number of halogens is 1. The average Bonchev–Trinajstić information content (AvgIpc) is 3.13. The molecule has 0 saturated carbocycles. The van der Waals surface area contributed by atoms with E-state index < -0.39 is 10.0 Å². The topological polar surface area (TPSA) is 108 Å². The van der Waals surface area contributed by atoms with E-state index in [0.717, 1.165) is 18.9 Å². The molecule has 1 saturated heterocycles. The Morgan fingerprint density at radius 3 is 2.40 bits per heavy atom. The SMILES string of the molecule is CN=C(NCc1ccccc1S(=O)(=O)N1CCN(C)CC1)NCc1ncnn1C.I. The minimum atomic E-state index is -3.54. The Morgan fingerprint density at radius 1 is 1.10 bits per heavy atom. The lowest BCUT2D eigenvalue weighted by atomic mass is 10.2. The number of likely N-dealkylation sites (N-methyl/N-ethyl adjacent to an activating group) is 1. The fraction of sp³-hybridized carbons (Fsp3) is 0.500. The molecule has 1 aromatic heterocycles. The van der Waals surface area contributed by atoms with Crippen molar-refractivity contribution in [2.45, 2.75) is 18.0 Å². The normalized spacial score (nSPS) is 16.2. The minimum Gasteiger partial charge on any atom is -0.352 e. The van der Waals surface area contributed by atoms with Gasteiger partial charge in [0.1, 0.15) is 12.2 Å². The molecule has 2 heterocycles. The zero-order chi connectivity index (χ0) is 20.9. The van der Waals surface area contributed by atoms with Gasteiger partial charge in [0.15, 0.2) is 5.96 Å². The third kappa shape index (κ3) is 5.89. The van der Waals surface area contributed by atoms with Crippen LogP contribution in [0.5, 0.6) is 0 Å². The van der Waals surface area contributed by atoms with Gasteiger partial charge in [-0.1, -0.05) is 18.2 Å². The van der Waals surface area contributed by atoms with Gasteiger partial charge in [0.05, 0.1) is 11.4 Å². The number of sulfonamides is 1. The van der Waals surface area contributed by atoms with Crippen molar-refractivity contribution in [2.75, 3.05) is 40.3 Å². The molecule has 0 unspecified atom stereocenters. The van der Waals surface area contributed by atoms with Crippen molar-refractivity contribution < 1.29 is 8.42 Å². The summed E-state index contributed by atoms with van der Waals surface area (Å²) < 4.78 is 29.6. The van der Waals surface area contributed by atoms with Crippen molar-refractivity contribution in [3.63, 3.8) is 0 Å². The predicted octanol–water partition coefficient (Wildman–Crippen LogP) is 0.234. The van der Waals surface area contributed by atoms with Gasteiger partial charge < -0.3 is 15.5 Å². The Bertz CT molecular complexity index is 955. The van der Waals surface area contributed by atoms with E-state index in [1.165, 1.54) is 6.33 Å². The van der Waals surface area contributed by atoms with Gasteiger partial charge in [0.25, 0.3) is 0 Å². The standard InChI is InChI=1S/C18H28N8O2S.HI/c1-19-18(21-13-17-22-14-23-25(17)3)20-12-15-6-4-5-7-16(15)29(27,28)26-10-8-24(2)9-11-26;/h4-7,14H,8-13H2,1-3H3,(H2,19,20,21);1H. The predicted molar refractivity (Wildman–Crippen MR) is 126 cm³/mol. The van der Waals surface area contributed by atoms with Gasteiger partial charge in [-0.05, 0) is 18.7 Å². The van der Waals surface area contributed by atoms with Gasteiger partial charge in [0, 0.05) is 46.8 Å². The third-order valence-corrected chi connectivity index (χ3v) is 6.94. The number of aromatic nitrogens is 3. The second-order valence-electron chi connectivity index (χ2n) is 6.89. The Labute approximate surface area is 194 Å². The fourth-order valence-electron chi connectivity index (χ4n) is 3.11. The summed E-state index contributed by atoms with van der Waals surface area (Å²) in [5, 5.41) is 10.4. The molecule has 0 aliphatic carbocycles. The largest absolute Gasteiger partial charge is 0.352 e. The van der Waals surface area contributed by atoms with Crippen molar-refractivity contribution >= 4 is 40.0 Å². The third-order valence-electron chi connectivity index (χ3n) is 4.94. The maximum Gasteiger partial charge on any atom is 0.243 e. The summed E-state index contributed by atoms with van der Waals surface area (Å²) in [7, 11) is 1.95. The summed E-state index contributed by atoms with van der Waals surface area (Å²) in [5.74, 6) is 1.32. The molecule has 2 aromatic rings. The van der Waals surface area contributed by atoms with E-state index in [2.05, 4.69) is 30.6 Å². The molecule has 1 fully saturated rings. The van der Waals surface area contributed by atoms with Gasteiger partial charge in [0.2, 0.25) is 10.0 Å². The van der Waals surface area contributed by atoms with Crippen LogP contribution in [0.1, 0.15) is 11.4 Å². The molecule has 166 valence electrons. The van der Waals surface area contributed by atoms with Gasteiger partial charge >= 0.3 is 0 Å². The molecule has 10 nitrogen and oxygen atoms in total. The molecular formula is C18H29IN8O2S. The van der Waals surface area contributed by atoms with Crippen molar-refractivity contribution in [3.8, 4) is 0 Å². The number of rotatable bonds is 6. The van der Waals surface area contributed by atoms with Crippen LogP contribution in [-0.4, -0.2) is 78.6 Å². The second-order valence-corrected chi connectivity index (χ2v) is 8.80. The van der Waals surface area contributed by atoms with Crippen LogP contribution < -0.4 is 10.6 Å². The molecule has 12 heteroatoms. The fourth-order valence-corrected chi connectivity index (χ4v) is 4.76. The van der Waals surface area contributed by atoms with Crippen LogP contribution in [0, 0.1) is 0 Å². The molecule has 0 atom stereocenters. The summed E-state index contributed by atoms with van der Waals surface area (Å²) in [6.07, 6.45) is 1.49. The van der Waals surface area contributed by atoms with Crippen LogP contribution in [0.3, 0.4) is 0 Å². The maximum absolute atomic E-state index is 13.2. The number of benzene rings is 1. The highest BCUT2D eigenvalue weighted by Gasteiger charge is 2.29. The van der Waals surface area contributed by atoms with Gasteiger partial charge in [-0.15, -0.1) is 24.0 Å². The number of hydrogen-bond acceptors (Lipinski definition) is 6.